The predicted octanol–water partition coefficient (Wildman–Crippen LogP) is -0.438. The average molecular weight is 223 g/mol. The second kappa shape index (κ2) is 3.19. The zero-order valence-corrected chi connectivity index (χ0v) is 7.34. The van der Waals surface area contributed by atoms with Gasteiger partial charge < -0.3 is 10.1 Å². The number of ether oxygens (including phenoxy) is 1. The van der Waals surface area contributed by atoms with Gasteiger partial charge in [0.15, 0.2) is 6.23 Å². The zero-order chi connectivity index (χ0) is 8.43. The Balaban J connectivity index is 2.66. The van der Waals surface area contributed by atoms with Crippen LogP contribution < -0.4 is 10.6 Å². The second-order valence-corrected chi connectivity index (χ2v) is 3.01. The van der Waals surface area contributed by atoms with Crippen molar-refractivity contribution in [1.29, 1.82) is 0 Å². The topological polar surface area (TPSA) is 67.4 Å². The number of amides is 3. The second-order valence-electron chi connectivity index (χ2n) is 2.02. The van der Waals surface area contributed by atoms with E-state index in [1.807, 2.05) is 0 Å². The molecule has 0 aromatic rings. The monoisotopic (exact) mass is 222 g/mol. The number of carbonyl (C=O) groups is 2. The van der Waals surface area contributed by atoms with Crippen molar-refractivity contribution in [3.8, 4) is 0 Å². The van der Waals surface area contributed by atoms with Crippen LogP contribution in [0.2, 0.25) is 0 Å². The van der Waals surface area contributed by atoms with Crippen LogP contribution in [0.4, 0.5) is 4.79 Å². The van der Waals surface area contributed by atoms with Crippen LogP contribution in [0.3, 0.4) is 0 Å². The van der Waals surface area contributed by atoms with Crippen molar-refractivity contribution in [3.63, 3.8) is 0 Å². The van der Waals surface area contributed by atoms with E-state index in [0.717, 1.165) is 0 Å². The van der Waals surface area contributed by atoms with Crippen molar-refractivity contribution in [2.75, 3.05) is 7.11 Å². The molecule has 0 aromatic heterocycles. The van der Waals surface area contributed by atoms with Gasteiger partial charge in [-0.15, -0.1) is 0 Å². The average Bonchev–Trinajstić information content (AvgIpc) is 1.96. The molecule has 11 heavy (non-hydrogen) atoms. The Hall–Kier alpha value is -0.620. The smallest absolute Gasteiger partial charge is 0.323 e. The van der Waals surface area contributed by atoms with Crippen molar-refractivity contribution in [1.82, 2.24) is 10.6 Å². The highest BCUT2D eigenvalue weighted by Gasteiger charge is 2.33. The molecule has 0 saturated carbocycles. The van der Waals surface area contributed by atoms with E-state index < -0.39 is 17.1 Å². The van der Waals surface area contributed by atoms with E-state index in [9.17, 15) is 9.59 Å². The van der Waals surface area contributed by atoms with E-state index in [0.29, 0.717) is 0 Å². The number of carbonyl (C=O) groups excluding carboxylic acids is 2. The summed E-state index contributed by atoms with van der Waals surface area (Å²) in [7, 11) is 1.41. The summed E-state index contributed by atoms with van der Waals surface area (Å²) in [4.78, 5) is 21.0. The number of alkyl halides is 1. The molecular formula is C5H7BrN2O3. The fraction of sp³-hybridized carbons (Fsp3) is 0.600. The molecule has 0 spiro atoms. The van der Waals surface area contributed by atoms with Crippen LogP contribution in [-0.2, 0) is 9.53 Å². The Morgan fingerprint density at radius 2 is 2.18 bits per heavy atom. The first-order chi connectivity index (χ1) is 5.15. The molecule has 2 N–H and O–H groups in total. The van der Waals surface area contributed by atoms with Crippen LogP contribution >= 0.6 is 15.9 Å². The molecule has 1 heterocycles. The highest BCUT2D eigenvalue weighted by atomic mass is 79.9. The Bertz CT molecular complexity index is 196. The molecule has 0 radical (unpaired) electrons. The van der Waals surface area contributed by atoms with E-state index >= 15 is 0 Å². The lowest BCUT2D eigenvalue weighted by Crippen LogP contribution is -2.59. The normalized spacial score (nSPS) is 31.1. The molecule has 0 aromatic carbocycles. The molecule has 2 atom stereocenters. The minimum absolute atomic E-state index is 0.388. The predicted molar refractivity (Wildman–Crippen MR) is 40.2 cm³/mol. The standard InChI is InChI=1S/C5H7BrN2O3/c1-11-4-2(6)3(9)7-5(10)8-4/h2,4H,1H3,(H2,7,8,9,10)/t2-,4+/m1/s1. The third-order valence-electron chi connectivity index (χ3n) is 1.28. The summed E-state index contributed by atoms with van der Waals surface area (Å²) in [6, 6.07) is -0.530. The van der Waals surface area contributed by atoms with Crippen LogP contribution in [0.1, 0.15) is 0 Å². The van der Waals surface area contributed by atoms with Gasteiger partial charge in [-0.2, -0.15) is 0 Å². The summed E-state index contributed by atoms with van der Waals surface area (Å²) in [5.74, 6) is -0.388. The molecular weight excluding hydrogens is 216 g/mol. The van der Waals surface area contributed by atoms with Gasteiger partial charge in [-0.05, 0) is 0 Å². The van der Waals surface area contributed by atoms with Gasteiger partial charge in [-0.1, -0.05) is 15.9 Å². The molecule has 62 valence electrons. The van der Waals surface area contributed by atoms with Gasteiger partial charge in [0.2, 0.25) is 5.91 Å². The maximum Gasteiger partial charge on any atom is 0.323 e. The van der Waals surface area contributed by atoms with Crippen LogP contribution in [0.5, 0.6) is 0 Å². The van der Waals surface area contributed by atoms with Crippen LogP contribution in [0, 0.1) is 0 Å². The number of halogens is 1. The molecule has 1 fully saturated rings. The van der Waals surface area contributed by atoms with Crippen molar-refractivity contribution < 1.29 is 14.3 Å². The Morgan fingerprint density at radius 1 is 1.55 bits per heavy atom. The summed E-state index contributed by atoms with van der Waals surface area (Å²) in [5.41, 5.74) is 0. The van der Waals surface area contributed by atoms with Gasteiger partial charge in [-0.25, -0.2) is 4.79 Å². The highest BCUT2D eigenvalue weighted by Crippen LogP contribution is 2.09. The first-order valence-electron chi connectivity index (χ1n) is 2.93. The van der Waals surface area contributed by atoms with Crippen LogP contribution in [0.15, 0.2) is 0 Å². The van der Waals surface area contributed by atoms with Crippen LogP contribution in [0.25, 0.3) is 0 Å². The number of urea groups is 1. The highest BCUT2D eigenvalue weighted by molar-refractivity contribution is 9.10. The molecule has 0 unspecified atom stereocenters. The fourth-order valence-electron chi connectivity index (χ4n) is 0.735. The van der Waals surface area contributed by atoms with E-state index in [1.54, 1.807) is 0 Å². The first kappa shape index (κ1) is 8.48. The molecule has 1 aliphatic heterocycles. The minimum Gasteiger partial charge on any atom is -0.360 e. The SMILES string of the molecule is CO[C@@H]1NC(=O)NC(=O)[C@H]1Br. The first-order valence-corrected chi connectivity index (χ1v) is 3.85. The lowest BCUT2D eigenvalue weighted by Gasteiger charge is -2.26. The molecule has 0 aliphatic carbocycles. The van der Waals surface area contributed by atoms with E-state index in [4.69, 9.17) is 4.74 Å². The number of methoxy groups -OCH3 is 1. The third-order valence-corrected chi connectivity index (χ3v) is 2.18. The fourth-order valence-corrected chi connectivity index (χ4v) is 1.20. The summed E-state index contributed by atoms with van der Waals surface area (Å²) in [6.45, 7) is 0. The minimum atomic E-state index is -0.587. The van der Waals surface area contributed by atoms with Crippen molar-refractivity contribution >= 4 is 27.9 Å². The third kappa shape index (κ3) is 1.69. The molecule has 6 heteroatoms. The van der Waals surface area contributed by atoms with Gasteiger partial charge >= 0.3 is 6.03 Å². The molecule has 3 amide bonds. The van der Waals surface area contributed by atoms with Crippen molar-refractivity contribution in [3.05, 3.63) is 0 Å². The lowest BCUT2D eigenvalue weighted by atomic mass is 10.3. The molecule has 1 aliphatic rings. The van der Waals surface area contributed by atoms with Gasteiger partial charge in [0.05, 0.1) is 0 Å². The van der Waals surface area contributed by atoms with Gasteiger partial charge in [0.1, 0.15) is 4.83 Å². The van der Waals surface area contributed by atoms with E-state index in [2.05, 4.69) is 26.6 Å². The summed E-state index contributed by atoms with van der Waals surface area (Å²) in [5, 5.41) is 4.48. The van der Waals surface area contributed by atoms with Gasteiger partial charge in [-0.3, -0.25) is 10.1 Å². The number of imide groups is 1. The largest absolute Gasteiger partial charge is 0.360 e. The van der Waals surface area contributed by atoms with Gasteiger partial charge in [0, 0.05) is 7.11 Å². The van der Waals surface area contributed by atoms with Crippen molar-refractivity contribution in [2.45, 2.75) is 11.1 Å². The molecule has 1 rings (SSSR count). The summed E-state index contributed by atoms with van der Waals surface area (Å²) < 4.78 is 4.80. The number of hydrogen-bond donors (Lipinski definition) is 2. The van der Waals surface area contributed by atoms with E-state index in [1.165, 1.54) is 7.11 Å². The van der Waals surface area contributed by atoms with E-state index in [-0.39, 0.29) is 5.91 Å². The summed E-state index contributed by atoms with van der Waals surface area (Å²) in [6.07, 6.45) is -0.587. The Morgan fingerprint density at radius 3 is 2.73 bits per heavy atom. The molecule has 0 bridgehead atoms. The zero-order valence-electron chi connectivity index (χ0n) is 5.76. The maximum absolute atomic E-state index is 10.9. The van der Waals surface area contributed by atoms with Crippen molar-refractivity contribution in [2.24, 2.45) is 0 Å². The lowest BCUT2D eigenvalue weighted by molar-refractivity contribution is -0.123. The molecule has 1 saturated heterocycles. The number of hydrogen-bond acceptors (Lipinski definition) is 3. The van der Waals surface area contributed by atoms with Crippen LogP contribution in [-0.4, -0.2) is 30.1 Å². The maximum atomic E-state index is 10.9. The number of nitrogens with one attached hydrogen (secondary N) is 2. The Labute approximate surface area is 71.6 Å². The van der Waals surface area contributed by atoms with Gasteiger partial charge in [0.25, 0.3) is 0 Å². The quantitative estimate of drug-likeness (QED) is 0.592. The molecule has 5 nitrogen and oxygen atoms in total. The number of rotatable bonds is 1. The Kier molecular flexibility index (Phi) is 2.45. The summed E-state index contributed by atoms with van der Waals surface area (Å²) >= 11 is 3.06.